The Morgan fingerprint density at radius 3 is 2.92 bits per heavy atom. The minimum atomic E-state index is 0.0385. The van der Waals surface area contributed by atoms with Gasteiger partial charge in [0.05, 0.1) is 9.11 Å². The molecule has 0 N–H and O–H groups in total. The molecule has 0 saturated carbocycles. The summed E-state index contributed by atoms with van der Waals surface area (Å²) in [5.74, 6) is 0. The van der Waals surface area contributed by atoms with Crippen molar-refractivity contribution in [1.82, 2.24) is 0 Å². The zero-order valence-electron chi connectivity index (χ0n) is 7.37. The Balaban J connectivity index is 2.53. The number of halogens is 1. The lowest BCUT2D eigenvalue weighted by molar-refractivity contribution is 1.15. The van der Waals surface area contributed by atoms with E-state index in [1.165, 1.54) is 5.56 Å². The lowest BCUT2D eigenvalue weighted by Gasteiger charge is -2.07. The monoisotopic (exact) mass is 283 g/mol. The van der Waals surface area contributed by atoms with Crippen molar-refractivity contribution in [1.29, 1.82) is 0 Å². The maximum Gasteiger partial charge on any atom is 0.0727 e. The van der Waals surface area contributed by atoms with Gasteiger partial charge in [0.1, 0.15) is 0 Å². The van der Waals surface area contributed by atoms with E-state index in [9.17, 15) is 0 Å². The highest BCUT2D eigenvalue weighted by Gasteiger charge is 2.15. The minimum Gasteiger partial charge on any atom is -0.259 e. The molecule has 0 radical (unpaired) electrons. The number of allylic oxidation sites excluding steroid dienone is 1. The van der Waals surface area contributed by atoms with Crippen molar-refractivity contribution < 1.29 is 0 Å². The first-order valence-corrected chi connectivity index (χ1v) is 5.28. The number of nitrogens with zero attached hydrogens (tertiary/aromatic N) is 1. The van der Waals surface area contributed by atoms with Gasteiger partial charge in [-0.3, -0.25) is 4.99 Å². The molecule has 0 aliphatic carbocycles. The third kappa shape index (κ3) is 1.99. The Labute approximate surface area is 91.7 Å². The molecule has 1 aromatic rings. The predicted octanol–water partition coefficient (Wildman–Crippen LogP) is 3.61. The largest absolute Gasteiger partial charge is 0.259 e. The van der Waals surface area contributed by atoms with Crippen molar-refractivity contribution in [2.75, 3.05) is 0 Å². The van der Waals surface area contributed by atoms with Crippen molar-refractivity contribution in [3.05, 3.63) is 35.9 Å². The second-order valence-corrected chi connectivity index (χ2v) is 5.63. The van der Waals surface area contributed by atoms with Crippen LogP contribution in [0, 0.1) is 0 Å². The van der Waals surface area contributed by atoms with Gasteiger partial charge < -0.3 is 0 Å². The number of benzene rings is 1. The highest BCUT2D eigenvalue weighted by Crippen LogP contribution is 2.28. The van der Waals surface area contributed by atoms with E-state index >= 15 is 0 Å². The average molecular weight is 283 g/mol. The lowest BCUT2D eigenvalue weighted by Crippen LogP contribution is -2.11. The van der Waals surface area contributed by atoms with E-state index in [4.69, 9.17) is 0 Å². The third-order valence-corrected chi connectivity index (χ3v) is 2.62. The van der Waals surface area contributed by atoms with E-state index in [0.29, 0.717) is 0 Å². The van der Waals surface area contributed by atoms with E-state index in [-0.39, 0.29) is 3.42 Å². The van der Waals surface area contributed by atoms with Crippen molar-refractivity contribution in [2.24, 2.45) is 4.99 Å². The van der Waals surface area contributed by atoms with Crippen molar-refractivity contribution in [2.45, 2.75) is 10.3 Å². The van der Waals surface area contributed by atoms with E-state index in [2.05, 4.69) is 52.7 Å². The number of hydrogen-bond acceptors (Lipinski definition) is 1. The summed E-state index contributed by atoms with van der Waals surface area (Å²) in [6.45, 7) is 2.14. The van der Waals surface area contributed by atoms with Crippen molar-refractivity contribution in [3.8, 4) is 0 Å². The maximum absolute atomic E-state index is 4.44. The predicted molar refractivity (Wildman–Crippen MR) is 66.1 cm³/mol. The lowest BCUT2D eigenvalue weighted by atomic mass is 10.1. The van der Waals surface area contributed by atoms with Gasteiger partial charge in [-0.25, -0.2) is 0 Å². The van der Waals surface area contributed by atoms with E-state index in [1.54, 1.807) is 0 Å². The Kier molecular flexibility index (Phi) is 2.24. The van der Waals surface area contributed by atoms with Gasteiger partial charge in [0, 0.05) is 6.21 Å². The van der Waals surface area contributed by atoms with Crippen LogP contribution in [0.25, 0.3) is 6.08 Å². The molecule has 66 valence electrons. The molecule has 2 heteroatoms. The van der Waals surface area contributed by atoms with Crippen LogP contribution in [-0.2, 0) is 0 Å². The molecule has 1 heterocycles. The summed E-state index contributed by atoms with van der Waals surface area (Å²) in [5, 5.41) is 0. The molecule has 1 aliphatic rings. The fourth-order valence-electron chi connectivity index (χ4n) is 1.24. The Bertz CT molecular complexity index is 342. The zero-order chi connectivity index (χ0) is 9.31. The summed E-state index contributed by atoms with van der Waals surface area (Å²) >= 11 is 2.38. The molecule has 2 rings (SSSR count). The smallest absolute Gasteiger partial charge is 0.0727 e. The van der Waals surface area contributed by atoms with Crippen LogP contribution < -0.4 is 0 Å². The maximum atomic E-state index is 4.44. The highest BCUT2D eigenvalue weighted by molar-refractivity contribution is 14.1. The molecule has 0 spiro atoms. The number of aliphatic imine (C=N–C) groups is 1. The molecular weight excluding hydrogens is 273 g/mol. The SMILES string of the molecule is CC1(I)C=Cc2ccccc2N=C1. The molecule has 1 unspecified atom stereocenters. The fraction of sp³-hybridized carbons (Fsp3) is 0.182. The normalized spacial score (nSPS) is 25.4. The van der Waals surface area contributed by atoms with Gasteiger partial charge in [0.2, 0.25) is 0 Å². The molecule has 1 atom stereocenters. The summed E-state index contributed by atoms with van der Waals surface area (Å²) < 4.78 is 0.0385. The quantitative estimate of drug-likeness (QED) is 0.509. The van der Waals surface area contributed by atoms with Crippen LogP contribution in [0.2, 0.25) is 0 Å². The van der Waals surface area contributed by atoms with Crippen molar-refractivity contribution >= 4 is 40.6 Å². The minimum absolute atomic E-state index is 0.0385. The molecule has 0 aromatic heterocycles. The third-order valence-electron chi connectivity index (χ3n) is 1.98. The zero-order valence-corrected chi connectivity index (χ0v) is 9.52. The second-order valence-electron chi connectivity index (χ2n) is 3.30. The highest BCUT2D eigenvalue weighted by atomic mass is 127. The van der Waals surface area contributed by atoms with E-state index < -0.39 is 0 Å². The van der Waals surface area contributed by atoms with Gasteiger partial charge in [0.15, 0.2) is 0 Å². The van der Waals surface area contributed by atoms with E-state index in [0.717, 1.165) is 5.69 Å². The first-order chi connectivity index (χ1) is 6.17. The first-order valence-electron chi connectivity index (χ1n) is 4.20. The summed E-state index contributed by atoms with van der Waals surface area (Å²) in [6.07, 6.45) is 6.29. The van der Waals surface area contributed by atoms with Crippen LogP contribution in [0.1, 0.15) is 12.5 Å². The number of alkyl halides is 1. The summed E-state index contributed by atoms with van der Waals surface area (Å²) in [5.41, 5.74) is 2.25. The van der Waals surface area contributed by atoms with Gasteiger partial charge in [-0.15, -0.1) is 0 Å². The molecule has 1 aliphatic heterocycles. The molecule has 0 fully saturated rings. The Morgan fingerprint density at radius 2 is 2.08 bits per heavy atom. The van der Waals surface area contributed by atoms with Crippen LogP contribution >= 0.6 is 22.6 Å². The molecule has 13 heavy (non-hydrogen) atoms. The van der Waals surface area contributed by atoms with Gasteiger partial charge in [-0.05, 0) is 18.6 Å². The topological polar surface area (TPSA) is 12.4 Å². The standard InChI is InChI=1S/C11H10IN/c1-11(12)7-6-9-4-2-3-5-10(9)13-8-11/h2-8H,1H3. The summed E-state index contributed by atoms with van der Waals surface area (Å²) in [4.78, 5) is 4.44. The Hall–Kier alpha value is -0.640. The number of para-hydroxylation sites is 1. The number of fused-ring (bicyclic) bond motifs is 1. The van der Waals surface area contributed by atoms with Gasteiger partial charge in [-0.1, -0.05) is 52.9 Å². The molecule has 1 aromatic carbocycles. The number of hydrogen-bond donors (Lipinski definition) is 0. The molecular formula is C11H10IN. The average Bonchev–Trinajstić information content (AvgIpc) is 2.27. The van der Waals surface area contributed by atoms with Crippen LogP contribution in [0.5, 0.6) is 0 Å². The fourth-order valence-corrected chi connectivity index (χ4v) is 1.56. The summed E-state index contributed by atoms with van der Waals surface area (Å²) in [7, 11) is 0. The van der Waals surface area contributed by atoms with Gasteiger partial charge in [-0.2, -0.15) is 0 Å². The first kappa shape index (κ1) is 8.94. The van der Waals surface area contributed by atoms with Crippen LogP contribution in [-0.4, -0.2) is 9.64 Å². The van der Waals surface area contributed by atoms with Crippen LogP contribution in [0.15, 0.2) is 35.3 Å². The molecule has 0 saturated heterocycles. The number of rotatable bonds is 0. The molecule has 0 amide bonds. The van der Waals surface area contributed by atoms with Crippen LogP contribution in [0.4, 0.5) is 5.69 Å². The van der Waals surface area contributed by atoms with Gasteiger partial charge in [0.25, 0.3) is 0 Å². The summed E-state index contributed by atoms with van der Waals surface area (Å²) in [6, 6.07) is 8.17. The van der Waals surface area contributed by atoms with Crippen LogP contribution in [0.3, 0.4) is 0 Å². The Morgan fingerprint density at radius 1 is 1.31 bits per heavy atom. The second kappa shape index (κ2) is 3.25. The molecule has 0 bridgehead atoms. The van der Waals surface area contributed by atoms with E-state index in [1.807, 2.05) is 24.4 Å². The molecule has 1 nitrogen and oxygen atoms in total. The van der Waals surface area contributed by atoms with Gasteiger partial charge >= 0.3 is 0 Å². The van der Waals surface area contributed by atoms with Crippen molar-refractivity contribution in [3.63, 3.8) is 0 Å².